The predicted molar refractivity (Wildman–Crippen MR) is 478 cm³/mol. The first-order chi connectivity index (χ1) is 58.8. The Kier molecular flexibility index (Phi) is 32.4. The molecule has 124 heavy (non-hydrogen) atoms. The fourth-order valence-electron chi connectivity index (χ4n) is 12.6. The maximum Gasteiger partial charge on any atom is 0.573 e. The lowest BCUT2D eigenvalue weighted by Crippen LogP contribution is -2.32. The van der Waals surface area contributed by atoms with Gasteiger partial charge in [0, 0.05) is 32.3 Å². The second-order valence-electron chi connectivity index (χ2n) is 32.9. The van der Waals surface area contributed by atoms with Gasteiger partial charge in [-0.15, -0.1) is 13.2 Å². The number of alkyl halides is 3. The Hall–Kier alpha value is -11.3. The number of aromatic nitrogens is 8. The molecule has 1 saturated carbocycles. The van der Waals surface area contributed by atoms with Crippen molar-refractivity contribution in [3.63, 3.8) is 0 Å². The van der Waals surface area contributed by atoms with Crippen LogP contribution < -0.4 is 18.9 Å². The molecule has 0 aliphatic heterocycles. The molecule has 1 aliphatic rings. The summed E-state index contributed by atoms with van der Waals surface area (Å²) in [7, 11) is 3.32. The van der Waals surface area contributed by atoms with Crippen molar-refractivity contribution in [2.75, 3.05) is 20.8 Å². The minimum atomic E-state index is -4.80. The molecule has 8 aromatic carbocycles. The summed E-state index contributed by atoms with van der Waals surface area (Å²) in [6, 6.07) is 69.1. The normalized spacial score (nSPS) is 12.3. The molecule has 0 radical (unpaired) electrons. The van der Waals surface area contributed by atoms with Gasteiger partial charge in [0.05, 0.1) is 119 Å². The van der Waals surface area contributed by atoms with Crippen LogP contribution in [-0.2, 0) is 90.7 Å². The molecule has 654 valence electrons. The van der Waals surface area contributed by atoms with E-state index in [0.29, 0.717) is 58.5 Å². The summed E-state index contributed by atoms with van der Waals surface area (Å²) in [5.74, 6) is 3.05. The van der Waals surface area contributed by atoms with E-state index in [1.54, 1.807) is 112 Å². The van der Waals surface area contributed by atoms with Gasteiger partial charge in [0.1, 0.15) is 45.4 Å². The number of carbonyl (C=O) groups excluding carboxylic acids is 4. The van der Waals surface area contributed by atoms with Gasteiger partial charge in [-0.1, -0.05) is 171 Å². The first-order valence-electron chi connectivity index (χ1n) is 41.1. The van der Waals surface area contributed by atoms with Crippen molar-refractivity contribution in [3.8, 4) is 68.0 Å². The van der Waals surface area contributed by atoms with Gasteiger partial charge >= 0.3 is 6.36 Å². The highest BCUT2D eigenvalue weighted by molar-refractivity contribution is 6.31. The lowest BCUT2D eigenvalue weighted by molar-refractivity contribution is -0.274. The summed E-state index contributed by atoms with van der Waals surface area (Å²) in [5, 5.41) is 20.2. The Labute approximate surface area is 734 Å². The van der Waals surface area contributed by atoms with Crippen molar-refractivity contribution in [2.45, 2.75) is 204 Å². The van der Waals surface area contributed by atoms with Crippen molar-refractivity contribution in [2.24, 2.45) is 5.92 Å². The quantitative estimate of drug-likeness (QED) is 0.0361. The van der Waals surface area contributed by atoms with E-state index in [1.165, 1.54) is 67.1 Å². The van der Waals surface area contributed by atoms with Crippen LogP contribution >= 0.6 is 23.2 Å². The van der Waals surface area contributed by atoms with Crippen LogP contribution in [-0.4, -0.2) is 112 Å². The molecule has 1 fully saturated rings. The van der Waals surface area contributed by atoms with E-state index in [4.69, 9.17) is 71.7 Å². The fourth-order valence-corrected chi connectivity index (χ4v) is 13.0. The molecular formula is C99H111Cl2F3N8O12. The molecule has 0 bridgehead atoms. The molecule has 4 aromatic heterocycles. The monoisotopic (exact) mass is 1730 g/mol. The van der Waals surface area contributed by atoms with Crippen molar-refractivity contribution in [1.29, 1.82) is 0 Å². The van der Waals surface area contributed by atoms with Crippen molar-refractivity contribution < 1.29 is 70.2 Å². The summed E-state index contributed by atoms with van der Waals surface area (Å²) >= 11 is 12.7. The number of ether oxygens (including phenoxy) is 8. The molecule has 13 rings (SSSR count). The largest absolute Gasteiger partial charge is 0.573 e. The number of carbonyl (C=O) groups is 4. The summed E-state index contributed by atoms with van der Waals surface area (Å²) in [6.45, 7) is 30.3. The van der Waals surface area contributed by atoms with E-state index in [1.807, 2.05) is 148 Å². The lowest BCUT2D eigenvalue weighted by atomic mass is 9.97. The Morgan fingerprint density at radius 2 is 0.694 bits per heavy atom. The number of hydrogen-bond acceptors (Lipinski definition) is 16. The minimum absolute atomic E-state index is 0.00851. The number of nitrogens with zero attached hydrogens (tertiary/aromatic N) is 8. The van der Waals surface area contributed by atoms with Crippen LogP contribution in [0.1, 0.15) is 172 Å². The first-order valence-corrected chi connectivity index (χ1v) is 41.9. The van der Waals surface area contributed by atoms with Crippen LogP contribution in [0.15, 0.2) is 218 Å². The predicted octanol–water partition coefficient (Wildman–Crippen LogP) is 22.4. The van der Waals surface area contributed by atoms with Crippen molar-refractivity contribution in [1.82, 2.24) is 39.1 Å². The molecule has 0 N–H and O–H groups in total. The van der Waals surface area contributed by atoms with E-state index in [9.17, 15) is 32.3 Å². The molecule has 4 heterocycles. The van der Waals surface area contributed by atoms with Crippen LogP contribution in [0.2, 0.25) is 10.0 Å². The van der Waals surface area contributed by atoms with Gasteiger partial charge < -0.3 is 37.9 Å². The highest BCUT2D eigenvalue weighted by Crippen LogP contribution is 2.36. The third-order valence-corrected chi connectivity index (χ3v) is 22.3. The van der Waals surface area contributed by atoms with E-state index < -0.39 is 28.8 Å². The van der Waals surface area contributed by atoms with Crippen LogP contribution in [0.5, 0.6) is 23.0 Å². The molecule has 20 nitrogen and oxygen atoms in total. The summed E-state index contributed by atoms with van der Waals surface area (Å²) < 4.78 is 89.7. The third-order valence-electron chi connectivity index (χ3n) is 21.6. The van der Waals surface area contributed by atoms with Gasteiger partial charge in [0.15, 0.2) is 23.1 Å². The van der Waals surface area contributed by atoms with E-state index in [2.05, 4.69) is 73.1 Å². The average Bonchev–Trinajstić information content (AvgIpc) is 1.68. The minimum Gasteiger partial charge on any atom is -0.497 e. The van der Waals surface area contributed by atoms with Gasteiger partial charge in [-0.05, 0) is 233 Å². The number of methoxy groups -OCH3 is 2. The molecular weight excluding hydrogens is 1620 g/mol. The van der Waals surface area contributed by atoms with Crippen LogP contribution in [0.3, 0.4) is 0 Å². The molecule has 1 aliphatic carbocycles. The SMILES string of the molecule is CC(=O)C(C)(C)OCc1cc(-c2cccc(OC(F)(F)F)c2)n(Cc2ccccc2Cl)n1.CC(=O)C(C)(C)OCc1cc(-c2cccc(OCC3CC3)c2)n(Cc2ccccc2Cl)n1.COc1cccc(-c2cc(COC(C)(C)C(C)=O)nn2Cc2ccccc2C(C)C)c1.COc1cccc(-c2cc(COC(C)(C)C(C)=O)nn2Cc2ccccc2C)c1. The smallest absolute Gasteiger partial charge is 0.497 e. The molecule has 0 saturated heterocycles. The number of Topliss-reactive ketones (excluding diaryl/α,β-unsaturated/α-hetero) is 4. The van der Waals surface area contributed by atoms with Gasteiger partial charge in [-0.25, -0.2) is 0 Å². The molecule has 0 spiro atoms. The summed E-state index contributed by atoms with van der Waals surface area (Å²) in [5.41, 5.74) is 13.0. The average molecular weight is 1730 g/mol. The Bertz CT molecular complexity index is 5640. The van der Waals surface area contributed by atoms with Crippen LogP contribution in [0.4, 0.5) is 13.2 Å². The molecule has 0 unspecified atom stereocenters. The van der Waals surface area contributed by atoms with Gasteiger partial charge in [-0.2, -0.15) is 20.4 Å². The number of aryl methyl sites for hydroxylation is 1. The van der Waals surface area contributed by atoms with Crippen molar-refractivity contribution >= 4 is 46.3 Å². The Morgan fingerprint density at radius 3 is 1.02 bits per heavy atom. The molecule has 25 heteroatoms. The lowest BCUT2D eigenvalue weighted by Gasteiger charge is -2.21. The maximum absolute atomic E-state index is 12.7. The number of halogens is 5. The summed E-state index contributed by atoms with van der Waals surface area (Å²) in [6.07, 6.45) is -2.29. The number of benzene rings is 8. The van der Waals surface area contributed by atoms with Crippen LogP contribution in [0, 0.1) is 12.8 Å². The van der Waals surface area contributed by atoms with Gasteiger partial charge in [0.25, 0.3) is 0 Å². The standard InChI is InChI=1S/C26H29ClN2O3.C26H32N2O3.C24H28N2O3.C23H22ClF3N2O3/c1-18(30)26(2,3)32-17-22-14-25(29(28-22)15-21-7-4-5-10-24(21)27)20-8-6-9-23(13-20)31-16-19-11-12-19;1-18(2)24-13-8-7-10-21(24)16-28-25(20-11-9-12-23(14-20)30-6)15-22(27-28)17-31-26(4,5)19(3)29;1-17-9-6-7-10-20(17)15-26-23(19-11-8-12-22(13-19)28-5)14-21(25-26)16-29-24(3,4)18(2)27;1-15(30)22(2,3)31-14-18-12-21(16-8-6-9-19(11-16)32-23(25,26)27)29(28-18)13-17-7-4-5-10-20(17)24/h4-10,13-14,19H,11-12,15-17H2,1-3H3;7-15,18H,16-17H2,1-6H3;6-14H,15-16H2,1-5H3;4-12H,13-14H2,1-3H3. The maximum atomic E-state index is 12.7. The van der Waals surface area contributed by atoms with E-state index in [-0.39, 0.29) is 61.9 Å². The Balaban J connectivity index is 0.000000173. The Morgan fingerprint density at radius 1 is 0.395 bits per heavy atom. The number of hydrogen-bond donors (Lipinski definition) is 0. The zero-order chi connectivity index (χ0) is 89.8. The van der Waals surface area contributed by atoms with Crippen molar-refractivity contribution in [3.05, 3.63) is 285 Å². The van der Waals surface area contributed by atoms with E-state index >= 15 is 0 Å². The second kappa shape index (κ2) is 42.4. The second-order valence-corrected chi connectivity index (χ2v) is 33.7. The molecule has 0 amide bonds. The highest BCUT2D eigenvalue weighted by Gasteiger charge is 2.33. The zero-order valence-corrected chi connectivity index (χ0v) is 75.1. The number of rotatable bonds is 35. The highest BCUT2D eigenvalue weighted by atomic mass is 35.5. The number of ketones is 4. The van der Waals surface area contributed by atoms with Crippen LogP contribution in [0.25, 0.3) is 45.0 Å². The zero-order valence-electron chi connectivity index (χ0n) is 73.6. The van der Waals surface area contributed by atoms with Gasteiger partial charge in [-0.3, -0.25) is 37.9 Å². The van der Waals surface area contributed by atoms with E-state index in [0.717, 1.165) is 85.8 Å². The van der Waals surface area contributed by atoms with Gasteiger partial charge in [0.2, 0.25) is 0 Å². The third kappa shape index (κ3) is 27.1. The summed E-state index contributed by atoms with van der Waals surface area (Å²) in [4.78, 5) is 47.2. The topological polar surface area (TPSA) is 213 Å². The first kappa shape index (κ1) is 94.9. The molecule has 0 atom stereocenters. The molecule has 12 aromatic rings. The fraction of sp³-hybridized carbons (Fsp3) is 0.354.